The first-order valence-corrected chi connectivity index (χ1v) is 15.4. The number of amides is 1. The molecule has 2 bridgehead atoms. The van der Waals surface area contributed by atoms with Gasteiger partial charge in [-0.15, -0.1) is 0 Å². The minimum absolute atomic E-state index is 0.0133. The number of aromatic amines is 1. The molecule has 0 unspecified atom stereocenters. The van der Waals surface area contributed by atoms with E-state index in [0.29, 0.717) is 46.6 Å². The quantitative estimate of drug-likeness (QED) is 0.314. The molecule has 0 saturated carbocycles. The second-order valence-electron chi connectivity index (χ2n) is 10.8. The van der Waals surface area contributed by atoms with Crippen molar-refractivity contribution in [1.82, 2.24) is 39.7 Å². The van der Waals surface area contributed by atoms with Gasteiger partial charge in [-0.3, -0.25) is 14.9 Å². The summed E-state index contributed by atoms with van der Waals surface area (Å²) in [6.45, 7) is 0. The molecule has 2 fully saturated rings. The summed E-state index contributed by atoms with van der Waals surface area (Å²) in [5, 5.41) is 10.8. The van der Waals surface area contributed by atoms with Crippen molar-refractivity contribution in [3.05, 3.63) is 72.5 Å². The summed E-state index contributed by atoms with van der Waals surface area (Å²) >= 11 is 0. The number of hydrogen-bond donors (Lipinski definition) is 2. The molecule has 1 amide bonds. The third-order valence-electron chi connectivity index (χ3n) is 8.20. The maximum Gasteiger partial charge on any atom is 0.291 e. The summed E-state index contributed by atoms with van der Waals surface area (Å²) in [6.07, 6.45) is 8.32. The molecule has 3 N–H and O–H groups in total. The molecule has 0 radical (unpaired) electrons. The van der Waals surface area contributed by atoms with Crippen molar-refractivity contribution < 1.29 is 17.6 Å². The summed E-state index contributed by atoms with van der Waals surface area (Å²) in [5.41, 5.74) is 9.85. The zero-order valence-electron chi connectivity index (χ0n) is 22.5. The maximum atomic E-state index is 13.7. The molecule has 2 aliphatic rings. The zero-order valence-corrected chi connectivity index (χ0v) is 23.3. The molecule has 12 nitrogen and oxygen atoms in total. The number of halogens is 1. The minimum Gasteiger partial charge on any atom is -0.382 e. The van der Waals surface area contributed by atoms with Gasteiger partial charge in [-0.2, -0.15) is 14.7 Å². The lowest BCUT2D eigenvalue weighted by atomic mass is 9.87. The smallest absolute Gasteiger partial charge is 0.291 e. The molecule has 0 spiro atoms. The van der Waals surface area contributed by atoms with E-state index in [2.05, 4.69) is 25.3 Å². The molecule has 2 aliphatic heterocycles. The maximum absolute atomic E-state index is 13.7. The Balaban J connectivity index is 1.28. The van der Waals surface area contributed by atoms with E-state index in [1.165, 1.54) is 23.0 Å². The van der Waals surface area contributed by atoms with Crippen molar-refractivity contribution in [2.24, 2.45) is 0 Å². The summed E-state index contributed by atoms with van der Waals surface area (Å²) in [4.78, 5) is 28.4. The molecule has 1 aromatic carbocycles. The molecule has 2 atom stereocenters. The molecule has 7 rings (SSSR count). The number of H-pyrrole nitrogens is 1. The van der Waals surface area contributed by atoms with Crippen LogP contribution in [0.5, 0.6) is 0 Å². The molecule has 0 aliphatic carbocycles. The Morgan fingerprint density at radius 1 is 1.07 bits per heavy atom. The normalized spacial score (nSPS) is 20.3. The average Bonchev–Trinajstić information content (AvgIpc) is 3.71. The molecule has 2 saturated heterocycles. The molecular weight excluding hydrogens is 561 g/mol. The number of carbonyl (C=O) groups excluding carboxylic acids is 1. The number of carbonyl (C=O) groups is 1. The van der Waals surface area contributed by atoms with Crippen molar-refractivity contribution in [1.29, 1.82) is 0 Å². The first-order valence-electron chi connectivity index (χ1n) is 13.5. The van der Waals surface area contributed by atoms with Crippen LogP contribution in [0, 0.1) is 5.82 Å². The van der Waals surface area contributed by atoms with E-state index in [0.717, 1.165) is 19.1 Å². The Kier molecular flexibility index (Phi) is 6.04. The number of pyridine rings is 1. The van der Waals surface area contributed by atoms with Gasteiger partial charge in [-0.25, -0.2) is 22.8 Å². The number of rotatable bonds is 5. The zero-order chi connectivity index (χ0) is 29.2. The molecule has 6 heterocycles. The van der Waals surface area contributed by atoms with Crippen LogP contribution in [-0.4, -0.2) is 72.3 Å². The Labute approximate surface area is 239 Å². The average molecular weight is 588 g/mol. The summed E-state index contributed by atoms with van der Waals surface area (Å²) in [6, 6.07) is 9.61. The van der Waals surface area contributed by atoms with Crippen molar-refractivity contribution in [3.63, 3.8) is 0 Å². The van der Waals surface area contributed by atoms with Gasteiger partial charge in [-0.05, 0) is 43.9 Å². The van der Waals surface area contributed by atoms with Gasteiger partial charge in [0.2, 0.25) is 5.82 Å². The second kappa shape index (κ2) is 9.69. The number of aromatic nitrogens is 7. The monoisotopic (exact) mass is 587 g/mol. The van der Waals surface area contributed by atoms with E-state index in [9.17, 15) is 17.6 Å². The number of benzene rings is 1. The third-order valence-corrected chi connectivity index (χ3v) is 9.36. The van der Waals surface area contributed by atoms with Crippen LogP contribution in [0.3, 0.4) is 0 Å². The predicted molar refractivity (Wildman–Crippen MR) is 150 cm³/mol. The number of hydrogen-bond acceptors (Lipinski definition) is 9. The van der Waals surface area contributed by atoms with Gasteiger partial charge < -0.3 is 10.6 Å². The first kappa shape index (κ1) is 26.2. The van der Waals surface area contributed by atoms with Crippen LogP contribution in [0.1, 0.15) is 47.9 Å². The Morgan fingerprint density at radius 3 is 2.50 bits per heavy atom. The largest absolute Gasteiger partial charge is 0.382 e. The number of piperidine rings is 1. The summed E-state index contributed by atoms with van der Waals surface area (Å²) in [7, 11) is -3.78. The second-order valence-corrected chi connectivity index (χ2v) is 12.8. The number of anilines is 1. The summed E-state index contributed by atoms with van der Waals surface area (Å²) in [5.74, 6) is -0.629. The van der Waals surface area contributed by atoms with Gasteiger partial charge in [0.05, 0.1) is 17.6 Å². The van der Waals surface area contributed by atoms with Gasteiger partial charge in [0.15, 0.2) is 15.5 Å². The van der Waals surface area contributed by atoms with E-state index in [1.54, 1.807) is 30.6 Å². The fourth-order valence-corrected chi connectivity index (χ4v) is 7.47. The number of sulfone groups is 1. The Morgan fingerprint density at radius 2 is 1.86 bits per heavy atom. The van der Waals surface area contributed by atoms with Crippen molar-refractivity contribution in [3.8, 4) is 22.4 Å². The Hall–Kier alpha value is -4.72. The van der Waals surface area contributed by atoms with Crippen molar-refractivity contribution in [2.75, 3.05) is 12.0 Å². The van der Waals surface area contributed by atoms with Crippen LogP contribution < -0.4 is 5.73 Å². The highest BCUT2D eigenvalue weighted by molar-refractivity contribution is 7.91. The van der Waals surface area contributed by atoms with Crippen molar-refractivity contribution in [2.45, 2.75) is 48.6 Å². The van der Waals surface area contributed by atoms with E-state index in [-0.39, 0.29) is 46.3 Å². The molecule has 4 aromatic heterocycles. The van der Waals surface area contributed by atoms with Crippen LogP contribution >= 0.6 is 0 Å². The highest BCUT2D eigenvalue weighted by Crippen LogP contribution is 2.45. The minimum atomic E-state index is -3.78. The predicted octanol–water partition coefficient (Wildman–Crippen LogP) is 3.25. The van der Waals surface area contributed by atoms with Gasteiger partial charge in [-0.1, -0.05) is 18.2 Å². The molecule has 5 aromatic rings. The number of nitrogen functional groups attached to an aromatic ring is 1. The van der Waals surface area contributed by atoms with Crippen LogP contribution in [0.15, 0.2) is 60.0 Å². The number of fused-ring (bicyclic) bond motifs is 3. The fourth-order valence-electron chi connectivity index (χ4n) is 6.41. The number of nitrogens with two attached hydrogens (primary N) is 1. The van der Waals surface area contributed by atoms with Gasteiger partial charge in [0.25, 0.3) is 5.91 Å². The highest BCUT2D eigenvalue weighted by atomic mass is 32.2. The van der Waals surface area contributed by atoms with Crippen LogP contribution in [0.25, 0.3) is 28.0 Å². The lowest BCUT2D eigenvalue weighted by molar-refractivity contribution is 0.0556. The SMILES string of the molecule is CS(=O)(=O)c1c(C2C[C@H]3CC[C@H](C2)N3C(=O)c2ncn[nH]2)nc2c(-c3ccc(-c4cccc(F)c4)nc3)cnn2c1N. The van der Waals surface area contributed by atoms with E-state index < -0.39 is 9.84 Å². The van der Waals surface area contributed by atoms with E-state index in [4.69, 9.17) is 10.7 Å². The number of nitrogens with one attached hydrogen (secondary N) is 1. The molecular formula is C28H26FN9O3S. The van der Waals surface area contributed by atoms with Crippen LogP contribution in [-0.2, 0) is 9.84 Å². The first-order chi connectivity index (χ1) is 20.2. The van der Waals surface area contributed by atoms with E-state index in [1.807, 2.05) is 11.0 Å². The Bertz CT molecular complexity index is 1930. The van der Waals surface area contributed by atoms with Gasteiger partial charge in [0, 0.05) is 47.1 Å². The lowest BCUT2D eigenvalue weighted by Crippen LogP contribution is -2.46. The standard InChI is InChI=1S/C28H26FN9O3S/c1-42(40,41)24-23(17-10-19-6-7-20(11-17)37(19)28(39)26-32-14-33-36-26)35-27-21(13-34-38(27)25(24)30)16-5-8-22(31-12-16)15-3-2-4-18(29)9-15/h2-5,8-9,12-14,17,19-20H,6-7,10-11,30H2,1H3,(H,32,33,36)/t19-,20-/m1/s1. The van der Waals surface area contributed by atoms with Gasteiger partial charge >= 0.3 is 0 Å². The lowest BCUT2D eigenvalue weighted by Gasteiger charge is -2.38. The number of nitrogens with zero attached hydrogens (tertiary/aromatic N) is 7. The highest BCUT2D eigenvalue weighted by Gasteiger charge is 2.46. The molecule has 214 valence electrons. The van der Waals surface area contributed by atoms with Gasteiger partial charge in [0.1, 0.15) is 22.9 Å². The fraction of sp³-hybridized carbons (Fsp3) is 0.286. The van der Waals surface area contributed by atoms with Crippen LogP contribution in [0.4, 0.5) is 10.2 Å². The molecule has 14 heteroatoms. The van der Waals surface area contributed by atoms with Crippen LogP contribution in [0.2, 0.25) is 0 Å². The third kappa shape index (κ3) is 4.29. The topological polar surface area (TPSA) is 165 Å². The van der Waals surface area contributed by atoms with Crippen molar-refractivity contribution >= 4 is 27.2 Å². The molecule has 42 heavy (non-hydrogen) atoms. The summed E-state index contributed by atoms with van der Waals surface area (Å²) < 4.78 is 41.2. The van der Waals surface area contributed by atoms with E-state index >= 15 is 0 Å².